The van der Waals surface area contributed by atoms with Crippen molar-refractivity contribution in [2.75, 3.05) is 13.1 Å². The average Bonchev–Trinajstić information content (AvgIpc) is 3.29. The summed E-state index contributed by atoms with van der Waals surface area (Å²) in [4.78, 5) is 56.6. The molecule has 0 aliphatic carbocycles. The van der Waals surface area contributed by atoms with Crippen molar-refractivity contribution in [1.82, 2.24) is 20.9 Å². The second kappa shape index (κ2) is 14.6. The standard InChI is InChI=1S/C25H38N8O5/c1-3-14(2)21(24(37)38)33-23(36)19(9-6-10-29-25(27)28)32-20(34)13-31-22(35)17(26)11-15-12-30-18-8-5-4-7-16(15)18/h4-5,7-8,12,14,17,19,21,30H,3,6,9-11,13,26H2,1-2H3,(H,31,35)(H,32,34)(H,33,36)(H,37,38)(H4,27,28,29). The predicted octanol–water partition coefficient (Wildman–Crippen LogP) is -0.692. The van der Waals surface area contributed by atoms with E-state index in [1.165, 1.54) is 0 Å². The summed E-state index contributed by atoms with van der Waals surface area (Å²) in [5, 5.41) is 18.0. The quantitative estimate of drug-likeness (QED) is 0.0832. The molecule has 2 rings (SSSR count). The molecule has 0 bridgehead atoms. The molecule has 0 saturated carbocycles. The van der Waals surface area contributed by atoms with Crippen molar-refractivity contribution < 1.29 is 24.3 Å². The molecule has 208 valence electrons. The number of hydrogen-bond donors (Lipinski definition) is 8. The molecule has 11 N–H and O–H groups in total. The fourth-order valence-corrected chi connectivity index (χ4v) is 3.88. The highest BCUT2D eigenvalue weighted by atomic mass is 16.4. The van der Waals surface area contributed by atoms with Crippen LogP contribution in [-0.2, 0) is 25.6 Å². The summed E-state index contributed by atoms with van der Waals surface area (Å²) in [5.74, 6) is -3.42. The number of aliphatic imine (C=N–C) groups is 1. The molecule has 3 amide bonds. The van der Waals surface area contributed by atoms with Crippen molar-refractivity contribution in [1.29, 1.82) is 0 Å². The number of para-hydroxylation sites is 1. The fourth-order valence-electron chi connectivity index (χ4n) is 3.88. The third kappa shape index (κ3) is 9.07. The first-order valence-corrected chi connectivity index (χ1v) is 12.5. The second-order valence-electron chi connectivity index (χ2n) is 9.17. The summed E-state index contributed by atoms with van der Waals surface area (Å²) < 4.78 is 0. The molecule has 0 spiro atoms. The van der Waals surface area contributed by atoms with Crippen LogP contribution in [0.15, 0.2) is 35.5 Å². The van der Waals surface area contributed by atoms with Crippen molar-refractivity contribution in [3.05, 3.63) is 36.0 Å². The van der Waals surface area contributed by atoms with E-state index in [-0.39, 0.29) is 31.3 Å². The molecule has 0 radical (unpaired) electrons. The van der Waals surface area contributed by atoms with Gasteiger partial charge < -0.3 is 43.2 Å². The minimum atomic E-state index is -1.17. The van der Waals surface area contributed by atoms with Crippen LogP contribution in [0, 0.1) is 5.92 Å². The van der Waals surface area contributed by atoms with Gasteiger partial charge in [0.25, 0.3) is 0 Å². The zero-order valence-electron chi connectivity index (χ0n) is 21.7. The first-order valence-electron chi connectivity index (χ1n) is 12.5. The molecule has 0 aliphatic heterocycles. The number of H-pyrrole nitrogens is 1. The van der Waals surface area contributed by atoms with Gasteiger partial charge >= 0.3 is 5.97 Å². The number of carboxylic acid groups (broad SMARTS) is 1. The van der Waals surface area contributed by atoms with Gasteiger partial charge in [-0.2, -0.15) is 0 Å². The van der Waals surface area contributed by atoms with Crippen LogP contribution >= 0.6 is 0 Å². The molecule has 1 aromatic heterocycles. The number of nitrogens with one attached hydrogen (secondary N) is 4. The summed E-state index contributed by atoms with van der Waals surface area (Å²) >= 11 is 0. The van der Waals surface area contributed by atoms with Crippen LogP contribution in [0.5, 0.6) is 0 Å². The molecule has 0 aliphatic rings. The number of fused-ring (bicyclic) bond motifs is 1. The van der Waals surface area contributed by atoms with Crippen LogP contribution in [0.1, 0.15) is 38.7 Å². The number of aliphatic carboxylic acids is 1. The molecule has 4 atom stereocenters. The molecule has 1 aromatic carbocycles. The van der Waals surface area contributed by atoms with E-state index in [4.69, 9.17) is 17.2 Å². The molecule has 2 aromatic rings. The number of benzene rings is 1. The van der Waals surface area contributed by atoms with Gasteiger partial charge in [0.05, 0.1) is 12.6 Å². The maximum Gasteiger partial charge on any atom is 0.326 e. The minimum absolute atomic E-state index is 0.107. The number of amides is 3. The maximum absolute atomic E-state index is 12.9. The lowest BCUT2D eigenvalue weighted by Crippen LogP contribution is -2.55. The van der Waals surface area contributed by atoms with Crippen LogP contribution in [0.3, 0.4) is 0 Å². The Morgan fingerprint density at radius 3 is 2.47 bits per heavy atom. The van der Waals surface area contributed by atoms with Crippen LogP contribution < -0.4 is 33.2 Å². The first-order chi connectivity index (χ1) is 18.0. The Labute approximate surface area is 221 Å². The molecular formula is C25H38N8O5. The van der Waals surface area contributed by atoms with E-state index in [2.05, 4.69) is 25.9 Å². The number of aromatic amines is 1. The topological polar surface area (TPSA) is 231 Å². The molecule has 1 heterocycles. The zero-order valence-corrected chi connectivity index (χ0v) is 21.7. The number of guanidine groups is 1. The highest BCUT2D eigenvalue weighted by Crippen LogP contribution is 2.18. The van der Waals surface area contributed by atoms with Gasteiger partial charge in [-0.1, -0.05) is 38.5 Å². The fraction of sp³-hybridized carbons (Fsp3) is 0.480. The zero-order chi connectivity index (χ0) is 28.2. The van der Waals surface area contributed by atoms with E-state index in [0.717, 1.165) is 16.5 Å². The van der Waals surface area contributed by atoms with E-state index < -0.39 is 48.4 Å². The third-order valence-electron chi connectivity index (χ3n) is 6.25. The SMILES string of the molecule is CCC(C)C(NC(=O)C(CCCN=C(N)N)NC(=O)CNC(=O)C(N)Cc1c[nH]c2ccccc12)C(=O)O. The van der Waals surface area contributed by atoms with Crippen LogP contribution in [0.4, 0.5) is 0 Å². The van der Waals surface area contributed by atoms with Gasteiger partial charge in [0, 0.05) is 23.6 Å². The summed E-state index contributed by atoms with van der Waals surface area (Å²) in [5.41, 5.74) is 18.5. The molecule has 13 heteroatoms. The Kier molecular flexibility index (Phi) is 11.5. The van der Waals surface area contributed by atoms with Crippen LogP contribution in [0.25, 0.3) is 10.9 Å². The van der Waals surface area contributed by atoms with Gasteiger partial charge in [0.15, 0.2) is 5.96 Å². The lowest BCUT2D eigenvalue weighted by molar-refractivity contribution is -0.143. The number of rotatable bonds is 15. The monoisotopic (exact) mass is 530 g/mol. The average molecular weight is 531 g/mol. The summed E-state index contributed by atoms with van der Waals surface area (Å²) in [7, 11) is 0. The molecule has 38 heavy (non-hydrogen) atoms. The van der Waals surface area contributed by atoms with Crippen molar-refractivity contribution in [3.8, 4) is 0 Å². The van der Waals surface area contributed by atoms with Gasteiger partial charge in [-0.05, 0) is 36.8 Å². The van der Waals surface area contributed by atoms with Gasteiger partial charge in [0.1, 0.15) is 12.1 Å². The van der Waals surface area contributed by atoms with Gasteiger partial charge in [-0.25, -0.2) is 4.79 Å². The largest absolute Gasteiger partial charge is 0.480 e. The van der Waals surface area contributed by atoms with E-state index in [1.807, 2.05) is 31.2 Å². The number of carboxylic acids is 1. The highest BCUT2D eigenvalue weighted by Gasteiger charge is 2.29. The van der Waals surface area contributed by atoms with Gasteiger partial charge in [-0.15, -0.1) is 0 Å². The normalized spacial score (nSPS) is 14.1. The van der Waals surface area contributed by atoms with Crippen molar-refractivity contribution in [3.63, 3.8) is 0 Å². The summed E-state index contributed by atoms with van der Waals surface area (Å²) in [6.45, 7) is 3.33. The summed E-state index contributed by atoms with van der Waals surface area (Å²) in [6, 6.07) is 4.56. The second-order valence-corrected chi connectivity index (χ2v) is 9.17. The Bertz CT molecular complexity index is 1140. The maximum atomic E-state index is 12.9. The Hall–Kier alpha value is -4.13. The van der Waals surface area contributed by atoms with E-state index in [1.54, 1.807) is 13.1 Å². The number of carbonyl (C=O) groups is 4. The predicted molar refractivity (Wildman–Crippen MR) is 144 cm³/mol. The molecule has 4 unspecified atom stereocenters. The Balaban J connectivity index is 1.96. The van der Waals surface area contributed by atoms with Crippen molar-refractivity contribution in [2.24, 2.45) is 28.1 Å². The van der Waals surface area contributed by atoms with Gasteiger partial charge in [-0.3, -0.25) is 19.4 Å². The molecule has 13 nitrogen and oxygen atoms in total. The smallest absolute Gasteiger partial charge is 0.326 e. The number of aromatic nitrogens is 1. The highest BCUT2D eigenvalue weighted by molar-refractivity contribution is 5.93. The molecule has 0 fully saturated rings. The van der Waals surface area contributed by atoms with Gasteiger partial charge in [0.2, 0.25) is 17.7 Å². The van der Waals surface area contributed by atoms with E-state index in [0.29, 0.717) is 12.8 Å². The van der Waals surface area contributed by atoms with E-state index in [9.17, 15) is 24.3 Å². The third-order valence-corrected chi connectivity index (χ3v) is 6.25. The first kappa shape index (κ1) is 30.1. The van der Waals surface area contributed by atoms with Crippen molar-refractivity contribution in [2.45, 2.75) is 57.7 Å². The number of nitrogens with zero attached hydrogens (tertiary/aromatic N) is 1. The number of hydrogen-bond acceptors (Lipinski definition) is 6. The lowest BCUT2D eigenvalue weighted by Gasteiger charge is -2.24. The molecule has 0 saturated heterocycles. The Morgan fingerprint density at radius 2 is 1.82 bits per heavy atom. The number of carbonyl (C=O) groups excluding carboxylic acids is 3. The minimum Gasteiger partial charge on any atom is -0.480 e. The lowest BCUT2D eigenvalue weighted by atomic mass is 9.98. The Morgan fingerprint density at radius 1 is 1.11 bits per heavy atom. The van der Waals surface area contributed by atoms with Crippen LogP contribution in [-0.4, -0.2) is 71.0 Å². The van der Waals surface area contributed by atoms with Crippen LogP contribution in [0.2, 0.25) is 0 Å². The van der Waals surface area contributed by atoms with E-state index >= 15 is 0 Å². The number of nitrogens with two attached hydrogens (primary N) is 3. The van der Waals surface area contributed by atoms with Crippen molar-refractivity contribution >= 4 is 40.6 Å². The molecular weight excluding hydrogens is 492 g/mol. The summed E-state index contributed by atoms with van der Waals surface area (Å²) in [6.07, 6.45) is 3.08.